The zero-order valence-electron chi connectivity index (χ0n) is 18.8. The highest BCUT2D eigenvalue weighted by Crippen LogP contribution is 2.31. The van der Waals surface area contributed by atoms with Crippen LogP contribution >= 0.6 is 11.3 Å². The highest BCUT2D eigenvalue weighted by Gasteiger charge is 2.28. The summed E-state index contributed by atoms with van der Waals surface area (Å²) in [5, 5.41) is 3.96. The molecule has 0 bridgehead atoms. The molecule has 1 fully saturated rings. The third-order valence-electron chi connectivity index (χ3n) is 6.19. The monoisotopic (exact) mass is 473 g/mol. The zero-order valence-corrected chi connectivity index (χ0v) is 19.6. The lowest BCUT2D eigenvalue weighted by Crippen LogP contribution is -2.41. The first-order valence-corrected chi connectivity index (χ1v) is 12.1. The summed E-state index contributed by atoms with van der Waals surface area (Å²) in [6.45, 7) is 3.08. The molecule has 0 atom stereocenters. The number of piperidine rings is 1. The van der Waals surface area contributed by atoms with Gasteiger partial charge in [0, 0.05) is 35.8 Å². The fourth-order valence-electron chi connectivity index (χ4n) is 4.22. The minimum Gasteiger partial charge on any atom is -0.339 e. The van der Waals surface area contributed by atoms with Crippen molar-refractivity contribution < 1.29 is 14.0 Å². The van der Waals surface area contributed by atoms with Gasteiger partial charge in [0.25, 0.3) is 5.91 Å². The molecule has 0 unspecified atom stereocenters. The number of nitrogens with zero attached hydrogens (tertiary/aromatic N) is 2. The Labute approximate surface area is 201 Å². The summed E-state index contributed by atoms with van der Waals surface area (Å²) in [7, 11) is 0. The lowest BCUT2D eigenvalue weighted by molar-refractivity contribution is -0.121. The summed E-state index contributed by atoms with van der Waals surface area (Å²) in [4.78, 5) is 31.8. The average Bonchev–Trinajstić information content (AvgIpc) is 3.28. The van der Waals surface area contributed by atoms with E-state index in [0.29, 0.717) is 31.5 Å². The van der Waals surface area contributed by atoms with Gasteiger partial charge in [0.1, 0.15) is 10.8 Å². The molecule has 3 aromatic carbocycles. The van der Waals surface area contributed by atoms with Gasteiger partial charge >= 0.3 is 0 Å². The Kier molecular flexibility index (Phi) is 6.11. The van der Waals surface area contributed by atoms with Crippen LogP contribution in [0, 0.1) is 18.7 Å². The van der Waals surface area contributed by atoms with Gasteiger partial charge in [-0.1, -0.05) is 6.07 Å². The summed E-state index contributed by atoms with van der Waals surface area (Å²) in [6.07, 6.45) is 1.20. The van der Waals surface area contributed by atoms with Gasteiger partial charge in [-0.05, 0) is 86.0 Å². The number of fused-ring (bicyclic) bond motifs is 1. The number of hydrogen-bond donors (Lipinski definition) is 1. The number of halogens is 1. The van der Waals surface area contributed by atoms with Crippen molar-refractivity contribution in [1.29, 1.82) is 0 Å². The van der Waals surface area contributed by atoms with Crippen molar-refractivity contribution in [2.75, 3.05) is 18.4 Å². The number of rotatable bonds is 4. The maximum atomic E-state index is 13.1. The van der Waals surface area contributed by atoms with Crippen LogP contribution in [0.5, 0.6) is 0 Å². The summed E-state index contributed by atoms with van der Waals surface area (Å²) in [5.41, 5.74) is 4.44. The number of benzene rings is 3. The molecular weight excluding hydrogens is 449 g/mol. The van der Waals surface area contributed by atoms with Crippen LogP contribution in [0.2, 0.25) is 0 Å². The third kappa shape index (κ3) is 4.70. The van der Waals surface area contributed by atoms with E-state index in [0.717, 1.165) is 26.5 Å². The molecule has 0 saturated carbocycles. The van der Waals surface area contributed by atoms with Crippen LogP contribution < -0.4 is 5.32 Å². The quantitative estimate of drug-likeness (QED) is 0.401. The van der Waals surface area contributed by atoms with E-state index in [9.17, 15) is 14.0 Å². The molecule has 172 valence electrons. The number of anilines is 1. The van der Waals surface area contributed by atoms with E-state index >= 15 is 0 Å². The summed E-state index contributed by atoms with van der Waals surface area (Å²) in [6, 6.07) is 19.6. The van der Waals surface area contributed by atoms with Gasteiger partial charge in [-0.3, -0.25) is 9.59 Å². The molecule has 5 nitrogen and oxygen atoms in total. The van der Waals surface area contributed by atoms with Crippen molar-refractivity contribution in [3.8, 4) is 10.6 Å². The lowest BCUT2D eigenvalue weighted by Gasteiger charge is -2.31. The van der Waals surface area contributed by atoms with E-state index in [1.54, 1.807) is 16.2 Å². The Morgan fingerprint density at radius 3 is 2.41 bits per heavy atom. The summed E-state index contributed by atoms with van der Waals surface area (Å²) >= 11 is 1.66. The molecule has 4 aromatic rings. The molecular formula is C27H24FN3O2S. The number of nitrogens with one attached hydrogen (secondary N) is 1. The van der Waals surface area contributed by atoms with Crippen LogP contribution in [-0.4, -0.2) is 34.8 Å². The molecule has 1 aliphatic rings. The van der Waals surface area contributed by atoms with Crippen LogP contribution in [0.15, 0.2) is 66.7 Å². The van der Waals surface area contributed by atoms with Gasteiger partial charge in [-0.25, -0.2) is 9.37 Å². The molecule has 7 heteroatoms. The largest absolute Gasteiger partial charge is 0.339 e. The zero-order chi connectivity index (χ0) is 23.7. The van der Waals surface area contributed by atoms with Gasteiger partial charge in [-0.15, -0.1) is 11.3 Å². The molecule has 0 aliphatic carbocycles. The maximum absolute atomic E-state index is 13.1. The first-order valence-electron chi connectivity index (χ1n) is 11.3. The van der Waals surface area contributed by atoms with Crippen molar-refractivity contribution >= 4 is 39.1 Å². The first-order chi connectivity index (χ1) is 16.5. The van der Waals surface area contributed by atoms with E-state index in [4.69, 9.17) is 4.98 Å². The van der Waals surface area contributed by atoms with E-state index in [-0.39, 0.29) is 23.5 Å². The normalized spacial score (nSPS) is 14.4. The Balaban J connectivity index is 1.18. The molecule has 5 rings (SSSR count). The van der Waals surface area contributed by atoms with Gasteiger partial charge in [0.05, 0.1) is 10.2 Å². The fourth-order valence-corrected chi connectivity index (χ4v) is 5.28. The van der Waals surface area contributed by atoms with Crippen molar-refractivity contribution in [2.24, 2.45) is 5.92 Å². The molecule has 2 amide bonds. The lowest BCUT2D eigenvalue weighted by atomic mass is 9.95. The Morgan fingerprint density at radius 1 is 1.00 bits per heavy atom. The van der Waals surface area contributed by atoms with Crippen molar-refractivity contribution in [1.82, 2.24) is 9.88 Å². The van der Waals surface area contributed by atoms with E-state index in [1.807, 2.05) is 30.3 Å². The van der Waals surface area contributed by atoms with Crippen LogP contribution in [0.1, 0.15) is 28.8 Å². The number of thiazole rings is 1. The summed E-state index contributed by atoms with van der Waals surface area (Å²) in [5.74, 6) is -0.670. The van der Waals surface area contributed by atoms with Crippen molar-refractivity contribution in [3.63, 3.8) is 0 Å². The molecule has 34 heavy (non-hydrogen) atoms. The van der Waals surface area contributed by atoms with Gasteiger partial charge < -0.3 is 10.2 Å². The van der Waals surface area contributed by atoms with Crippen molar-refractivity contribution in [2.45, 2.75) is 19.8 Å². The molecule has 2 heterocycles. The second-order valence-electron chi connectivity index (χ2n) is 8.63. The smallest absolute Gasteiger partial charge is 0.253 e. The van der Waals surface area contributed by atoms with E-state index in [2.05, 4.69) is 24.4 Å². The number of aryl methyl sites for hydroxylation is 1. The fraction of sp³-hybridized carbons (Fsp3) is 0.222. The van der Waals surface area contributed by atoms with E-state index in [1.165, 1.54) is 29.8 Å². The Morgan fingerprint density at radius 2 is 1.71 bits per heavy atom. The second kappa shape index (κ2) is 9.35. The van der Waals surface area contributed by atoms with Gasteiger partial charge in [0.15, 0.2) is 0 Å². The number of hydrogen-bond acceptors (Lipinski definition) is 4. The van der Waals surface area contributed by atoms with Gasteiger partial charge in [-0.2, -0.15) is 0 Å². The number of carbonyl (C=O) groups excluding carboxylic acids is 2. The highest BCUT2D eigenvalue weighted by molar-refractivity contribution is 7.21. The topological polar surface area (TPSA) is 62.3 Å². The number of amides is 2. The number of likely N-dealkylation sites (tertiary alicyclic amines) is 1. The molecule has 1 aliphatic heterocycles. The van der Waals surface area contributed by atoms with Crippen LogP contribution in [0.3, 0.4) is 0 Å². The number of carbonyl (C=O) groups is 2. The highest BCUT2D eigenvalue weighted by atomic mass is 32.1. The average molecular weight is 474 g/mol. The maximum Gasteiger partial charge on any atom is 0.253 e. The van der Waals surface area contributed by atoms with Crippen LogP contribution in [0.25, 0.3) is 20.8 Å². The molecule has 0 radical (unpaired) electrons. The second-order valence-corrected chi connectivity index (χ2v) is 9.66. The third-order valence-corrected chi connectivity index (χ3v) is 7.25. The Bertz CT molecular complexity index is 1340. The molecule has 0 spiro atoms. The molecule has 1 N–H and O–H groups in total. The minimum atomic E-state index is -0.366. The number of aromatic nitrogens is 1. The van der Waals surface area contributed by atoms with Crippen LogP contribution in [-0.2, 0) is 4.79 Å². The molecule has 1 saturated heterocycles. The standard InChI is InChI=1S/C27H24FN3O2S/c1-17-2-11-23-24(16-17)34-26(30-23)19-5-9-22(10-6-19)29-25(32)18-12-14-31(15-13-18)27(33)20-3-7-21(28)8-4-20/h2-11,16,18H,12-15H2,1H3,(H,29,32). The van der Waals surface area contributed by atoms with Gasteiger partial charge in [0.2, 0.25) is 5.91 Å². The minimum absolute atomic E-state index is 0.0305. The van der Waals surface area contributed by atoms with E-state index < -0.39 is 0 Å². The van der Waals surface area contributed by atoms with Crippen LogP contribution in [0.4, 0.5) is 10.1 Å². The Hall–Kier alpha value is -3.58. The van der Waals surface area contributed by atoms with Crippen molar-refractivity contribution in [3.05, 3.63) is 83.7 Å². The SMILES string of the molecule is Cc1ccc2nc(-c3ccc(NC(=O)C4CCN(C(=O)c5ccc(F)cc5)CC4)cc3)sc2c1. The molecule has 1 aromatic heterocycles. The predicted octanol–water partition coefficient (Wildman–Crippen LogP) is 5.90. The first kappa shape index (κ1) is 22.2. The summed E-state index contributed by atoms with van der Waals surface area (Å²) < 4.78 is 14.3. The predicted molar refractivity (Wildman–Crippen MR) is 133 cm³/mol.